The van der Waals surface area contributed by atoms with Crippen LogP contribution in [0.2, 0.25) is 0 Å². The van der Waals surface area contributed by atoms with Crippen molar-refractivity contribution in [1.29, 1.82) is 0 Å². The maximum absolute atomic E-state index is 15.2. The van der Waals surface area contributed by atoms with Gasteiger partial charge in [-0.1, -0.05) is 193 Å². The molecular formula is C64H84N2O6. The van der Waals surface area contributed by atoms with Crippen LogP contribution in [0.4, 0.5) is 0 Å². The van der Waals surface area contributed by atoms with Gasteiger partial charge in [0.25, 0.3) is 11.8 Å². The van der Waals surface area contributed by atoms with Crippen molar-refractivity contribution in [2.24, 2.45) is 0 Å². The van der Waals surface area contributed by atoms with E-state index >= 15 is 9.59 Å². The van der Waals surface area contributed by atoms with Crippen molar-refractivity contribution in [2.45, 2.75) is 182 Å². The number of unbranched alkanes of at least 4 members (excludes halogenated alkanes) is 20. The Morgan fingerprint density at radius 3 is 0.903 bits per heavy atom. The second kappa shape index (κ2) is 29.1. The summed E-state index contributed by atoms with van der Waals surface area (Å²) in [5, 5.41) is 3.63. The fourth-order valence-corrected chi connectivity index (χ4v) is 10.1. The molecule has 0 fully saturated rings. The number of benzene rings is 5. The standard InChI is InChI=1S/C64H84N2O6/c1-5-9-13-17-21-29-37-69-51-41-49(42-52(45-51)70-38-30-22-18-14-10-6-2)63(67)65-59-35-27-25-33-55(59)57-48-62-58(47-61(57)65)56-34-26-28-36-60(56)66(62)64(68)50-43-53(71-39-31-23-19-15-11-7-3)46-54(44-50)72-40-32-24-20-16-12-8-4/h25-28,33-36,41-48H,5-24,29-32,37-40H2,1-4H3. The minimum atomic E-state index is -0.166. The maximum atomic E-state index is 15.2. The molecule has 2 aromatic heterocycles. The molecule has 0 unspecified atom stereocenters. The number of hydrogen-bond donors (Lipinski definition) is 0. The Morgan fingerprint density at radius 1 is 0.319 bits per heavy atom. The first-order valence-corrected chi connectivity index (χ1v) is 28.3. The first kappa shape index (κ1) is 54.0. The molecule has 0 saturated heterocycles. The Balaban J connectivity index is 1.23. The monoisotopic (exact) mass is 977 g/mol. The Kier molecular flexibility index (Phi) is 21.8. The van der Waals surface area contributed by atoms with E-state index in [-0.39, 0.29) is 11.8 Å². The van der Waals surface area contributed by atoms with Crippen LogP contribution < -0.4 is 18.9 Å². The molecule has 0 aliphatic rings. The van der Waals surface area contributed by atoms with E-state index in [1.165, 1.54) is 103 Å². The van der Waals surface area contributed by atoms with Crippen molar-refractivity contribution in [3.05, 3.63) is 108 Å². The molecule has 72 heavy (non-hydrogen) atoms. The third-order valence-electron chi connectivity index (χ3n) is 14.2. The normalized spacial score (nSPS) is 11.6. The van der Waals surface area contributed by atoms with E-state index in [9.17, 15) is 0 Å². The minimum absolute atomic E-state index is 0.166. The highest BCUT2D eigenvalue weighted by atomic mass is 16.5. The minimum Gasteiger partial charge on any atom is -0.493 e. The highest BCUT2D eigenvalue weighted by Crippen LogP contribution is 2.39. The smallest absolute Gasteiger partial charge is 0.263 e. The van der Waals surface area contributed by atoms with Crippen LogP contribution in [0.5, 0.6) is 23.0 Å². The van der Waals surface area contributed by atoms with Crippen molar-refractivity contribution in [2.75, 3.05) is 26.4 Å². The maximum Gasteiger partial charge on any atom is 0.263 e. The average molecular weight is 977 g/mol. The van der Waals surface area contributed by atoms with Crippen molar-refractivity contribution < 1.29 is 28.5 Å². The first-order valence-electron chi connectivity index (χ1n) is 28.3. The predicted octanol–water partition coefficient (Wildman–Crippen LogP) is 18.2. The van der Waals surface area contributed by atoms with Gasteiger partial charge in [-0.3, -0.25) is 18.7 Å². The lowest BCUT2D eigenvalue weighted by Gasteiger charge is -2.14. The largest absolute Gasteiger partial charge is 0.493 e. The van der Waals surface area contributed by atoms with E-state index in [1.54, 1.807) is 0 Å². The molecule has 386 valence electrons. The second-order valence-electron chi connectivity index (χ2n) is 20.1. The van der Waals surface area contributed by atoms with Gasteiger partial charge >= 0.3 is 0 Å². The molecule has 0 radical (unpaired) electrons. The summed E-state index contributed by atoms with van der Waals surface area (Å²) >= 11 is 0. The number of carbonyl (C=O) groups is 2. The van der Waals surface area contributed by atoms with E-state index in [1.807, 2.05) is 81.9 Å². The topological polar surface area (TPSA) is 80.9 Å². The van der Waals surface area contributed by atoms with Gasteiger partial charge in [0.05, 0.1) is 48.5 Å². The van der Waals surface area contributed by atoms with E-state index in [4.69, 9.17) is 18.9 Å². The first-order chi connectivity index (χ1) is 35.4. The molecule has 7 rings (SSSR count). The number of hydrogen-bond acceptors (Lipinski definition) is 6. The summed E-state index contributed by atoms with van der Waals surface area (Å²) in [5.41, 5.74) is 4.13. The number of nitrogens with zero attached hydrogens (tertiary/aromatic N) is 2. The molecule has 5 aromatic carbocycles. The van der Waals surface area contributed by atoms with Crippen molar-refractivity contribution >= 4 is 55.4 Å². The van der Waals surface area contributed by atoms with Gasteiger partial charge in [0, 0.05) is 44.8 Å². The molecule has 0 bridgehead atoms. The summed E-state index contributed by atoms with van der Waals surface area (Å²) in [5.74, 6) is 2.24. The molecule has 0 aliphatic heterocycles. The zero-order chi connectivity index (χ0) is 50.3. The lowest BCUT2D eigenvalue weighted by molar-refractivity contribution is 0.0960. The number of fused-ring (bicyclic) bond motifs is 6. The molecule has 0 saturated carbocycles. The summed E-state index contributed by atoms with van der Waals surface area (Å²) in [4.78, 5) is 30.5. The van der Waals surface area contributed by atoms with Crippen LogP contribution in [0.25, 0.3) is 43.6 Å². The van der Waals surface area contributed by atoms with Crippen LogP contribution in [0.15, 0.2) is 97.1 Å². The van der Waals surface area contributed by atoms with Gasteiger partial charge in [0.1, 0.15) is 23.0 Å². The van der Waals surface area contributed by atoms with Crippen molar-refractivity contribution in [3.8, 4) is 23.0 Å². The molecular weight excluding hydrogens is 893 g/mol. The Labute approximate surface area is 430 Å². The van der Waals surface area contributed by atoms with Gasteiger partial charge in [-0.15, -0.1) is 0 Å². The fourth-order valence-electron chi connectivity index (χ4n) is 10.1. The van der Waals surface area contributed by atoms with Crippen LogP contribution in [0.1, 0.15) is 203 Å². The van der Waals surface area contributed by atoms with Gasteiger partial charge < -0.3 is 18.9 Å². The van der Waals surface area contributed by atoms with E-state index in [0.29, 0.717) is 60.6 Å². The lowest BCUT2D eigenvalue weighted by atomic mass is 10.1. The zero-order valence-electron chi connectivity index (χ0n) is 44.4. The highest BCUT2D eigenvalue weighted by molar-refractivity contribution is 6.24. The van der Waals surface area contributed by atoms with Gasteiger partial charge in [-0.2, -0.15) is 0 Å². The lowest BCUT2D eigenvalue weighted by Crippen LogP contribution is -2.13. The van der Waals surface area contributed by atoms with Gasteiger partial charge in [-0.25, -0.2) is 0 Å². The Morgan fingerprint density at radius 2 is 0.597 bits per heavy atom. The number of ether oxygens (including phenoxy) is 4. The third-order valence-corrected chi connectivity index (χ3v) is 14.2. The molecule has 0 atom stereocenters. The molecule has 0 N–H and O–H groups in total. The van der Waals surface area contributed by atoms with Gasteiger partial charge in [0.15, 0.2) is 0 Å². The van der Waals surface area contributed by atoms with E-state index < -0.39 is 0 Å². The Bertz CT molecular complexity index is 2520. The summed E-state index contributed by atoms with van der Waals surface area (Å²) in [6.45, 7) is 11.3. The molecule has 2 heterocycles. The van der Waals surface area contributed by atoms with Crippen LogP contribution in [-0.4, -0.2) is 47.4 Å². The molecule has 7 aromatic rings. The number of aromatic nitrogens is 2. The molecule has 0 spiro atoms. The summed E-state index contributed by atoms with van der Waals surface area (Å²) in [6, 6.07) is 31.7. The SMILES string of the molecule is CCCCCCCCOc1cc(OCCCCCCCC)cc(C(=O)n2c3ccccc3c3cc4c(cc32)c2ccccc2n4C(=O)c2cc(OCCCCCCCC)cc(OCCCCCCCC)c2)c1. The number of para-hydroxylation sites is 2. The van der Waals surface area contributed by atoms with E-state index in [2.05, 4.69) is 52.0 Å². The molecule has 8 heteroatoms. The van der Waals surface area contributed by atoms with Crippen LogP contribution >= 0.6 is 0 Å². The third kappa shape index (κ3) is 14.7. The van der Waals surface area contributed by atoms with Crippen molar-refractivity contribution in [1.82, 2.24) is 9.13 Å². The highest BCUT2D eigenvalue weighted by Gasteiger charge is 2.24. The average Bonchev–Trinajstić information content (AvgIpc) is 3.90. The van der Waals surface area contributed by atoms with Gasteiger partial charge in [-0.05, 0) is 74.2 Å². The summed E-state index contributed by atoms with van der Waals surface area (Å²) < 4.78 is 29.2. The summed E-state index contributed by atoms with van der Waals surface area (Å²) in [7, 11) is 0. The van der Waals surface area contributed by atoms with Gasteiger partial charge in [0.2, 0.25) is 0 Å². The molecule has 0 amide bonds. The van der Waals surface area contributed by atoms with Crippen LogP contribution in [-0.2, 0) is 0 Å². The number of rotatable bonds is 34. The quantitative estimate of drug-likeness (QED) is 0.0374. The second-order valence-corrected chi connectivity index (χ2v) is 20.1. The van der Waals surface area contributed by atoms with Crippen LogP contribution in [0.3, 0.4) is 0 Å². The van der Waals surface area contributed by atoms with E-state index in [0.717, 1.165) is 95.0 Å². The van der Waals surface area contributed by atoms with Crippen LogP contribution in [0, 0.1) is 0 Å². The number of carbonyl (C=O) groups excluding carboxylic acids is 2. The fraction of sp³-hybridized carbons (Fsp3) is 0.500. The molecule has 0 aliphatic carbocycles. The molecule has 8 nitrogen and oxygen atoms in total. The summed E-state index contributed by atoms with van der Waals surface area (Å²) in [6.07, 6.45) is 28.0. The van der Waals surface area contributed by atoms with Crippen molar-refractivity contribution in [3.63, 3.8) is 0 Å². The predicted molar refractivity (Wildman–Crippen MR) is 300 cm³/mol. The Hall–Kier alpha value is -5.76. The zero-order valence-corrected chi connectivity index (χ0v) is 44.4.